The zero-order chi connectivity index (χ0) is 18.4. The Morgan fingerprint density at radius 1 is 1.32 bits per heavy atom. The van der Waals surface area contributed by atoms with Gasteiger partial charge in [-0.1, -0.05) is 30.3 Å². The average Bonchev–Trinajstić information content (AvgIpc) is 2.60. The molecule has 0 saturated carbocycles. The van der Waals surface area contributed by atoms with Crippen LogP contribution >= 0.6 is 0 Å². The molecule has 0 radical (unpaired) electrons. The molecule has 1 amide bonds. The quantitative estimate of drug-likeness (QED) is 0.376. The van der Waals surface area contributed by atoms with Crippen LogP contribution in [0.25, 0.3) is 6.08 Å². The van der Waals surface area contributed by atoms with Gasteiger partial charge in [-0.05, 0) is 30.7 Å². The van der Waals surface area contributed by atoms with Crippen molar-refractivity contribution in [2.24, 2.45) is 0 Å². The molecule has 25 heavy (non-hydrogen) atoms. The zero-order valence-electron chi connectivity index (χ0n) is 13.3. The summed E-state index contributed by atoms with van der Waals surface area (Å²) in [5.41, 5.74) is 0.228. The van der Waals surface area contributed by atoms with Crippen LogP contribution in [0.3, 0.4) is 0 Å². The lowest BCUT2D eigenvalue weighted by molar-refractivity contribution is -0.385. The van der Waals surface area contributed by atoms with Crippen LogP contribution in [0.1, 0.15) is 24.1 Å². The van der Waals surface area contributed by atoms with Gasteiger partial charge in [-0.3, -0.25) is 14.9 Å². The molecule has 2 rings (SSSR count). The number of benzene rings is 2. The molecule has 0 spiro atoms. The lowest BCUT2D eigenvalue weighted by Crippen LogP contribution is -2.27. The highest BCUT2D eigenvalue weighted by Gasteiger charge is 2.17. The summed E-state index contributed by atoms with van der Waals surface area (Å²) in [6.07, 6.45) is 1.09. The molecule has 2 aromatic carbocycles. The van der Waals surface area contributed by atoms with E-state index in [-0.39, 0.29) is 28.6 Å². The van der Waals surface area contributed by atoms with E-state index in [1.165, 1.54) is 6.07 Å². The van der Waals surface area contributed by atoms with Gasteiger partial charge in [0, 0.05) is 6.07 Å². The molecule has 2 N–H and O–H groups in total. The fourth-order valence-corrected chi connectivity index (χ4v) is 2.23. The summed E-state index contributed by atoms with van der Waals surface area (Å²) in [6, 6.07) is 14.0. The van der Waals surface area contributed by atoms with Crippen LogP contribution in [-0.4, -0.2) is 15.9 Å². The van der Waals surface area contributed by atoms with E-state index in [1.54, 1.807) is 13.0 Å². The van der Waals surface area contributed by atoms with Gasteiger partial charge < -0.3 is 10.4 Å². The highest BCUT2D eigenvalue weighted by Crippen LogP contribution is 2.25. The van der Waals surface area contributed by atoms with Crippen molar-refractivity contribution < 1.29 is 14.8 Å². The van der Waals surface area contributed by atoms with Crippen LogP contribution in [-0.2, 0) is 4.79 Å². The van der Waals surface area contributed by atoms with Gasteiger partial charge in [-0.25, -0.2) is 0 Å². The lowest BCUT2D eigenvalue weighted by Gasteiger charge is -2.13. The van der Waals surface area contributed by atoms with Gasteiger partial charge in [-0.15, -0.1) is 0 Å². The molecular formula is C18H15N3O4. The second-order valence-electron chi connectivity index (χ2n) is 5.28. The number of phenolic OH excluding ortho intramolecular Hbond substituents is 1. The fourth-order valence-electron chi connectivity index (χ4n) is 2.23. The highest BCUT2D eigenvalue weighted by atomic mass is 16.6. The van der Waals surface area contributed by atoms with Gasteiger partial charge in [0.2, 0.25) is 0 Å². The second-order valence-corrected chi connectivity index (χ2v) is 5.28. The molecule has 0 fully saturated rings. The number of carbonyl (C=O) groups is 1. The van der Waals surface area contributed by atoms with Crippen LogP contribution in [0.15, 0.2) is 54.1 Å². The van der Waals surface area contributed by atoms with Crippen molar-refractivity contribution in [1.29, 1.82) is 5.26 Å². The predicted molar refractivity (Wildman–Crippen MR) is 91.4 cm³/mol. The Labute approximate surface area is 144 Å². The first kappa shape index (κ1) is 17.7. The van der Waals surface area contributed by atoms with E-state index in [1.807, 2.05) is 30.3 Å². The Morgan fingerprint density at radius 3 is 2.60 bits per heavy atom. The van der Waals surface area contributed by atoms with Gasteiger partial charge in [-0.2, -0.15) is 5.26 Å². The average molecular weight is 337 g/mol. The van der Waals surface area contributed by atoms with E-state index in [0.29, 0.717) is 0 Å². The Hall–Kier alpha value is -3.66. The second kappa shape index (κ2) is 7.75. The standard InChI is InChI=1S/C18H15N3O4/c1-12(13-5-3-2-4-6-13)20-18(23)15(11-19)9-14-10-16(22)7-8-17(14)21(24)25/h2-10,12,22H,1H3,(H,20,23)/b15-9-. The minimum atomic E-state index is -0.656. The van der Waals surface area contributed by atoms with Gasteiger partial charge >= 0.3 is 0 Å². The van der Waals surface area contributed by atoms with E-state index in [0.717, 1.165) is 23.8 Å². The first-order valence-corrected chi connectivity index (χ1v) is 7.37. The van der Waals surface area contributed by atoms with Gasteiger partial charge in [0.25, 0.3) is 11.6 Å². The smallest absolute Gasteiger partial charge is 0.276 e. The number of aromatic hydroxyl groups is 1. The summed E-state index contributed by atoms with van der Waals surface area (Å²) in [4.78, 5) is 22.7. The SMILES string of the molecule is CC(NC(=O)/C(C#N)=C\c1cc(O)ccc1[N+](=O)[O-])c1ccccc1. The Bertz CT molecular complexity index is 870. The van der Waals surface area contributed by atoms with Crippen LogP contribution in [0, 0.1) is 21.4 Å². The van der Waals surface area contributed by atoms with E-state index < -0.39 is 10.8 Å². The molecule has 0 saturated heterocycles. The summed E-state index contributed by atoms with van der Waals surface area (Å²) in [7, 11) is 0. The first-order valence-electron chi connectivity index (χ1n) is 7.37. The molecule has 0 heterocycles. The molecule has 0 aliphatic heterocycles. The number of nitrogens with zero attached hydrogens (tertiary/aromatic N) is 2. The first-order chi connectivity index (χ1) is 11.9. The monoisotopic (exact) mass is 337 g/mol. The number of nitro benzene ring substituents is 1. The summed E-state index contributed by atoms with van der Waals surface area (Å²) < 4.78 is 0. The number of hydrogen-bond acceptors (Lipinski definition) is 5. The van der Waals surface area contributed by atoms with Crippen molar-refractivity contribution in [1.82, 2.24) is 5.32 Å². The fraction of sp³-hybridized carbons (Fsp3) is 0.111. The van der Waals surface area contributed by atoms with Crippen LogP contribution < -0.4 is 5.32 Å². The number of nitro groups is 1. The van der Waals surface area contributed by atoms with E-state index in [4.69, 9.17) is 0 Å². The van der Waals surface area contributed by atoms with Crippen molar-refractivity contribution in [3.63, 3.8) is 0 Å². The molecule has 126 valence electrons. The Kier molecular flexibility index (Phi) is 5.48. The minimum absolute atomic E-state index is 0.0240. The summed E-state index contributed by atoms with van der Waals surface area (Å²) in [5, 5.41) is 32.4. The normalized spacial score (nSPS) is 12.1. The van der Waals surface area contributed by atoms with E-state index in [2.05, 4.69) is 5.32 Å². The molecule has 0 aliphatic carbocycles. The molecular weight excluding hydrogens is 322 g/mol. The topological polar surface area (TPSA) is 116 Å². The predicted octanol–water partition coefficient (Wildman–Crippen LogP) is 3.08. The molecule has 7 nitrogen and oxygen atoms in total. The number of nitrogens with one attached hydrogen (secondary N) is 1. The van der Waals surface area contributed by atoms with Crippen LogP contribution in [0.2, 0.25) is 0 Å². The van der Waals surface area contributed by atoms with Crippen molar-refractivity contribution in [3.8, 4) is 11.8 Å². The molecule has 0 aliphatic rings. The maximum atomic E-state index is 12.3. The van der Waals surface area contributed by atoms with Crippen molar-refractivity contribution in [2.75, 3.05) is 0 Å². The number of phenols is 1. The maximum absolute atomic E-state index is 12.3. The molecule has 7 heteroatoms. The van der Waals surface area contributed by atoms with Crippen LogP contribution in [0.5, 0.6) is 5.75 Å². The number of nitriles is 1. The van der Waals surface area contributed by atoms with Crippen molar-refractivity contribution in [3.05, 3.63) is 75.3 Å². The number of carbonyl (C=O) groups excluding carboxylic acids is 1. The lowest BCUT2D eigenvalue weighted by atomic mass is 10.1. The number of amides is 1. The molecule has 0 aromatic heterocycles. The molecule has 1 unspecified atom stereocenters. The van der Waals surface area contributed by atoms with Crippen molar-refractivity contribution in [2.45, 2.75) is 13.0 Å². The maximum Gasteiger partial charge on any atom is 0.276 e. The summed E-state index contributed by atoms with van der Waals surface area (Å²) in [5.74, 6) is -0.858. The van der Waals surface area contributed by atoms with Gasteiger partial charge in [0.1, 0.15) is 17.4 Å². The zero-order valence-corrected chi connectivity index (χ0v) is 13.3. The van der Waals surface area contributed by atoms with Gasteiger partial charge in [0.15, 0.2) is 0 Å². The minimum Gasteiger partial charge on any atom is -0.508 e. The van der Waals surface area contributed by atoms with Crippen molar-refractivity contribution >= 4 is 17.7 Å². The summed E-state index contributed by atoms with van der Waals surface area (Å²) in [6.45, 7) is 1.76. The molecule has 1 atom stereocenters. The molecule has 2 aromatic rings. The Balaban J connectivity index is 2.29. The molecule has 0 bridgehead atoms. The van der Waals surface area contributed by atoms with E-state index in [9.17, 15) is 25.3 Å². The summed E-state index contributed by atoms with van der Waals surface area (Å²) >= 11 is 0. The van der Waals surface area contributed by atoms with Gasteiger partial charge in [0.05, 0.1) is 16.5 Å². The Morgan fingerprint density at radius 2 is 2.00 bits per heavy atom. The number of hydrogen-bond donors (Lipinski definition) is 2. The largest absolute Gasteiger partial charge is 0.508 e. The van der Waals surface area contributed by atoms with Crippen LogP contribution in [0.4, 0.5) is 5.69 Å². The number of rotatable bonds is 5. The third-order valence-corrected chi connectivity index (χ3v) is 3.52. The highest BCUT2D eigenvalue weighted by molar-refractivity contribution is 6.02. The third kappa shape index (κ3) is 4.42. The third-order valence-electron chi connectivity index (χ3n) is 3.52. The van der Waals surface area contributed by atoms with E-state index >= 15 is 0 Å².